The Morgan fingerprint density at radius 3 is 2.47 bits per heavy atom. The van der Waals surface area contributed by atoms with Crippen molar-refractivity contribution in [3.63, 3.8) is 0 Å². The fourth-order valence-electron chi connectivity index (χ4n) is 2.80. The van der Waals surface area contributed by atoms with E-state index in [-0.39, 0.29) is 5.71 Å². The summed E-state index contributed by atoms with van der Waals surface area (Å²) in [4.78, 5) is 29.8. The number of aliphatic imine (C=N–C) groups is 1. The largest absolute Gasteiger partial charge is 0.416 e. The van der Waals surface area contributed by atoms with E-state index in [0.29, 0.717) is 10.8 Å². The fraction of sp³-hybridized carbons (Fsp3) is 0.174. The van der Waals surface area contributed by atoms with Gasteiger partial charge < -0.3 is 10.6 Å². The molecule has 1 amide bonds. The van der Waals surface area contributed by atoms with Crippen molar-refractivity contribution in [2.45, 2.75) is 26.1 Å². The molecular weight excluding hydrogens is 465 g/mol. The van der Waals surface area contributed by atoms with Crippen LogP contribution < -0.4 is 10.6 Å². The molecule has 0 spiro atoms. The van der Waals surface area contributed by atoms with E-state index < -0.39 is 23.7 Å². The van der Waals surface area contributed by atoms with Gasteiger partial charge in [0.1, 0.15) is 12.0 Å². The fourth-order valence-corrected chi connectivity index (χ4v) is 3.64. The first kappa shape index (κ1) is 24.8. The summed E-state index contributed by atoms with van der Waals surface area (Å²) in [5, 5.41) is 6.31. The number of alkyl halides is 3. The number of aromatic nitrogens is 3. The Morgan fingerprint density at radius 1 is 1.18 bits per heavy atom. The number of thiazole rings is 1. The zero-order valence-corrected chi connectivity index (χ0v) is 19.1. The Hall–Kier alpha value is -3.86. The van der Waals surface area contributed by atoms with Crippen LogP contribution in [-0.4, -0.2) is 26.6 Å². The second kappa shape index (κ2) is 10.8. The van der Waals surface area contributed by atoms with E-state index in [1.54, 1.807) is 31.6 Å². The molecule has 1 unspecified atom stereocenters. The average Bonchev–Trinajstić information content (AvgIpc) is 3.27. The SMILES string of the molecule is C=C/N=C(\C=C(/C)c1cncnc1)C(=O)NC(C)c1cnc(Nc2ccc(C(F)(F)F)cc2)s1. The highest BCUT2D eigenvalue weighted by atomic mass is 32.1. The number of allylic oxidation sites excluding steroid dienone is 1. The maximum atomic E-state index is 12.8. The van der Waals surface area contributed by atoms with Crippen LogP contribution in [0.3, 0.4) is 0 Å². The van der Waals surface area contributed by atoms with E-state index in [4.69, 9.17) is 0 Å². The molecule has 0 bridgehead atoms. The monoisotopic (exact) mass is 486 g/mol. The minimum atomic E-state index is -4.39. The summed E-state index contributed by atoms with van der Waals surface area (Å²) in [7, 11) is 0. The third-order valence-electron chi connectivity index (χ3n) is 4.59. The highest BCUT2D eigenvalue weighted by Crippen LogP contribution is 2.31. The molecule has 0 saturated heterocycles. The number of nitrogens with zero attached hydrogens (tertiary/aromatic N) is 4. The lowest BCUT2D eigenvalue weighted by Gasteiger charge is -2.12. The molecule has 0 fully saturated rings. The van der Waals surface area contributed by atoms with Crippen molar-refractivity contribution < 1.29 is 18.0 Å². The van der Waals surface area contributed by atoms with E-state index in [1.807, 2.05) is 6.92 Å². The van der Waals surface area contributed by atoms with Crippen molar-refractivity contribution in [1.82, 2.24) is 20.3 Å². The maximum Gasteiger partial charge on any atom is 0.416 e. The Bertz CT molecular complexity index is 1200. The third kappa shape index (κ3) is 6.58. The minimum absolute atomic E-state index is 0.163. The smallest absolute Gasteiger partial charge is 0.343 e. The van der Waals surface area contributed by atoms with Gasteiger partial charge in [-0.15, -0.1) is 0 Å². The van der Waals surface area contributed by atoms with Crippen LogP contribution in [0.15, 0.2) is 73.0 Å². The van der Waals surface area contributed by atoms with Crippen molar-refractivity contribution in [1.29, 1.82) is 0 Å². The molecular formula is C23H21F3N6OS. The van der Waals surface area contributed by atoms with Gasteiger partial charge in [-0.3, -0.25) is 9.79 Å². The first-order valence-electron chi connectivity index (χ1n) is 10.0. The van der Waals surface area contributed by atoms with E-state index in [0.717, 1.165) is 28.1 Å². The van der Waals surface area contributed by atoms with E-state index in [2.05, 4.69) is 37.2 Å². The van der Waals surface area contributed by atoms with Gasteiger partial charge >= 0.3 is 6.18 Å². The molecule has 0 aliphatic carbocycles. The first-order valence-corrected chi connectivity index (χ1v) is 10.8. The van der Waals surface area contributed by atoms with Crippen LogP contribution in [0.2, 0.25) is 0 Å². The van der Waals surface area contributed by atoms with Gasteiger partial charge in [-0.05, 0) is 49.8 Å². The molecule has 11 heteroatoms. The van der Waals surface area contributed by atoms with Crippen molar-refractivity contribution in [2.75, 3.05) is 5.32 Å². The summed E-state index contributed by atoms with van der Waals surface area (Å²) in [5.41, 5.74) is 1.41. The molecule has 1 atom stereocenters. The number of anilines is 2. The average molecular weight is 487 g/mol. The molecule has 1 aromatic carbocycles. The normalized spacial score (nSPS) is 13.3. The molecule has 34 heavy (non-hydrogen) atoms. The molecule has 3 rings (SSSR count). The summed E-state index contributed by atoms with van der Waals surface area (Å²) in [6.07, 6.45) is 4.78. The van der Waals surface area contributed by atoms with Crippen LogP contribution in [0.1, 0.15) is 35.9 Å². The molecule has 2 heterocycles. The van der Waals surface area contributed by atoms with E-state index >= 15 is 0 Å². The number of benzene rings is 1. The summed E-state index contributed by atoms with van der Waals surface area (Å²) in [6.45, 7) is 7.17. The molecule has 0 aliphatic heterocycles. The lowest BCUT2D eigenvalue weighted by atomic mass is 10.1. The zero-order valence-electron chi connectivity index (χ0n) is 18.3. The van der Waals surface area contributed by atoms with Gasteiger partial charge in [-0.1, -0.05) is 17.9 Å². The van der Waals surface area contributed by atoms with Gasteiger partial charge in [0.25, 0.3) is 5.91 Å². The van der Waals surface area contributed by atoms with Gasteiger partial charge in [0.2, 0.25) is 0 Å². The van der Waals surface area contributed by atoms with Crippen molar-refractivity contribution in [3.8, 4) is 0 Å². The van der Waals surface area contributed by atoms with Crippen LogP contribution in [0.4, 0.5) is 24.0 Å². The quantitative estimate of drug-likeness (QED) is 0.407. The van der Waals surface area contributed by atoms with Crippen LogP contribution in [0.5, 0.6) is 0 Å². The van der Waals surface area contributed by atoms with Crippen LogP contribution in [0.25, 0.3) is 5.57 Å². The summed E-state index contributed by atoms with van der Waals surface area (Å²) < 4.78 is 38.1. The van der Waals surface area contributed by atoms with Gasteiger partial charge in [0.15, 0.2) is 5.13 Å². The molecule has 7 nitrogen and oxygen atoms in total. The third-order valence-corrected chi connectivity index (χ3v) is 5.69. The molecule has 0 radical (unpaired) electrons. The second-order valence-corrected chi connectivity index (χ2v) is 8.18. The van der Waals surface area contributed by atoms with Gasteiger partial charge in [0.05, 0.1) is 11.6 Å². The standard InChI is InChI=1S/C23H21F3N6OS/c1-4-29-19(9-14(2)16-10-27-13-28-11-16)21(33)31-15(3)20-12-30-22(34-20)32-18-7-5-17(6-8-18)23(24,25)26/h4-13,15H,1H2,2-3H3,(H,30,32)(H,31,33)/b14-9+,29-19+. The van der Waals surface area contributed by atoms with Crippen molar-refractivity contribution in [3.05, 3.63) is 84.0 Å². The number of halogens is 3. The Balaban J connectivity index is 1.67. The number of nitrogens with one attached hydrogen (secondary N) is 2. The predicted octanol–water partition coefficient (Wildman–Crippen LogP) is 5.56. The second-order valence-electron chi connectivity index (χ2n) is 7.11. The number of rotatable bonds is 8. The summed E-state index contributed by atoms with van der Waals surface area (Å²) in [6, 6.07) is 4.27. The summed E-state index contributed by atoms with van der Waals surface area (Å²) in [5.74, 6) is -0.408. The maximum absolute atomic E-state index is 12.8. The highest BCUT2D eigenvalue weighted by Gasteiger charge is 2.30. The van der Waals surface area contributed by atoms with E-state index in [1.165, 1.54) is 36.0 Å². The number of amides is 1. The van der Waals surface area contributed by atoms with Gasteiger partial charge in [-0.25, -0.2) is 15.0 Å². The van der Waals surface area contributed by atoms with Crippen molar-refractivity contribution in [2.24, 2.45) is 4.99 Å². The minimum Gasteiger partial charge on any atom is -0.343 e. The van der Waals surface area contributed by atoms with E-state index in [9.17, 15) is 18.0 Å². The van der Waals surface area contributed by atoms with Crippen LogP contribution in [-0.2, 0) is 11.0 Å². The van der Waals surface area contributed by atoms with Gasteiger partial charge in [-0.2, -0.15) is 13.2 Å². The summed E-state index contributed by atoms with van der Waals surface area (Å²) >= 11 is 1.27. The Morgan fingerprint density at radius 2 is 1.85 bits per heavy atom. The molecule has 176 valence electrons. The lowest BCUT2D eigenvalue weighted by molar-refractivity contribution is -0.137. The van der Waals surface area contributed by atoms with Crippen LogP contribution in [0, 0.1) is 0 Å². The highest BCUT2D eigenvalue weighted by molar-refractivity contribution is 7.15. The van der Waals surface area contributed by atoms with Crippen LogP contribution >= 0.6 is 11.3 Å². The lowest BCUT2D eigenvalue weighted by Crippen LogP contribution is -2.32. The van der Waals surface area contributed by atoms with Gasteiger partial charge in [0, 0.05) is 40.9 Å². The topological polar surface area (TPSA) is 92.2 Å². The first-order chi connectivity index (χ1) is 16.2. The number of carbonyl (C=O) groups is 1. The Labute approximate surface area is 198 Å². The molecule has 3 aromatic rings. The number of carbonyl (C=O) groups excluding carboxylic acids is 1. The number of hydrogen-bond acceptors (Lipinski definition) is 7. The molecule has 2 N–H and O–H groups in total. The molecule has 0 aliphatic rings. The molecule has 0 saturated carbocycles. The Kier molecular flexibility index (Phi) is 7.90. The van der Waals surface area contributed by atoms with Crippen molar-refractivity contribution >= 4 is 39.3 Å². The zero-order chi connectivity index (χ0) is 24.7. The number of hydrogen-bond donors (Lipinski definition) is 2. The molecule has 2 aromatic heterocycles. The predicted molar refractivity (Wildman–Crippen MR) is 127 cm³/mol.